The van der Waals surface area contributed by atoms with Crippen molar-refractivity contribution in [1.82, 2.24) is 19.6 Å². The predicted molar refractivity (Wildman–Crippen MR) is 217 cm³/mol. The summed E-state index contributed by atoms with van der Waals surface area (Å²) in [5, 5.41) is 12.1. The van der Waals surface area contributed by atoms with Crippen LogP contribution in [0.15, 0.2) is 122 Å². The van der Waals surface area contributed by atoms with Crippen molar-refractivity contribution in [3.8, 4) is 34.0 Å². The second kappa shape index (κ2) is 19.5. The van der Waals surface area contributed by atoms with Crippen LogP contribution in [0.2, 0.25) is 0 Å². The van der Waals surface area contributed by atoms with Crippen LogP contribution in [0.5, 0.6) is 11.5 Å². The molecular weight excluding hydrogens is 763 g/mol. The average Bonchev–Trinajstić information content (AvgIpc) is 4.07. The lowest BCUT2D eigenvalue weighted by Gasteiger charge is -2.20. The van der Waals surface area contributed by atoms with Crippen LogP contribution in [0.25, 0.3) is 22.5 Å². The van der Waals surface area contributed by atoms with Crippen molar-refractivity contribution in [1.29, 1.82) is 0 Å². The summed E-state index contributed by atoms with van der Waals surface area (Å²) in [5.74, 6) is 1.06. The minimum atomic E-state index is -2.90. The largest absolute Gasteiger partial charge is 0.484 e. The van der Waals surface area contributed by atoms with E-state index < -0.39 is 18.8 Å². The zero-order valence-corrected chi connectivity index (χ0v) is 32.7. The molecule has 4 aromatic carbocycles. The number of para-hydroxylation sites is 3. The fourth-order valence-corrected chi connectivity index (χ4v) is 6.66. The van der Waals surface area contributed by atoms with Gasteiger partial charge in [0.2, 0.25) is 5.91 Å². The third kappa shape index (κ3) is 10.9. The van der Waals surface area contributed by atoms with Crippen LogP contribution in [0.1, 0.15) is 11.1 Å². The molecule has 0 saturated carbocycles. The highest BCUT2D eigenvalue weighted by Gasteiger charge is 2.34. The molecule has 3 N–H and O–H groups in total. The van der Waals surface area contributed by atoms with Crippen LogP contribution in [0.3, 0.4) is 0 Å². The van der Waals surface area contributed by atoms with Gasteiger partial charge in [-0.1, -0.05) is 54.6 Å². The summed E-state index contributed by atoms with van der Waals surface area (Å²) in [6.45, 7) is 1.03. The van der Waals surface area contributed by atoms with Gasteiger partial charge < -0.3 is 39.5 Å². The van der Waals surface area contributed by atoms with Gasteiger partial charge in [0.05, 0.1) is 44.4 Å². The Balaban J connectivity index is 0.000000181. The number of hydrogen-bond acceptors (Lipinski definition) is 10. The van der Waals surface area contributed by atoms with Gasteiger partial charge in [-0.25, -0.2) is 0 Å². The fourth-order valence-electron chi connectivity index (χ4n) is 6.66. The smallest absolute Gasteiger partial charge is 0.345 e. The molecule has 0 spiro atoms. The minimum absolute atomic E-state index is 0.0398. The maximum Gasteiger partial charge on any atom is 0.345 e. The number of anilines is 2. The van der Waals surface area contributed by atoms with E-state index in [-0.39, 0.29) is 37.9 Å². The van der Waals surface area contributed by atoms with Crippen molar-refractivity contribution in [2.75, 3.05) is 44.6 Å². The molecule has 0 aliphatic carbocycles. The Morgan fingerprint density at radius 1 is 0.746 bits per heavy atom. The van der Waals surface area contributed by atoms with Crippen LogP contribution in [0.4, 0.5) is 20.2 Å². The first kappa shape index (κ1) is 41.0. The van der Waals surface area contributed by atoms with Gasteiger partial charge in [-0.3, -0.25) is 14.2 Å². The second-order valence-electron chi connectivity index (χ2n) is 14.0. The molecule has 1 amide bonds. The Hall–Kier alpha value is -6.13. The lowest BCUT2D eigenvalue weighted by molar-refractivity contribution is -0.175. The lowest BCUT2D eigenvalue weighted by Crippen LogP contribution is -2.34. The number of ether oxygens (including phenoxy) is 6. The van der Waals surface area contributed by atoms with Gasteiger partial charge in [-0.05, 0) is 72.6 Å². The number of carbonyl (C=O) groups excluding carboxylic acids is 1. The number of methoxy groups -OCH3 is 1. The molecule has 8 rings (SSSR count). The standard InChI is InChI=1S/C23H23F2N3O4.C21H23N3O3/c1-15-6-2-4-8-17(15)26-22(29)12-28-11-10-18(27-28)16-7-3-5-9-19(16)31-20-13-30-14-21(20)32-23(24)25;1-25-20-13-26-14-21(20)27-19-5-3-2-4-17(19)18-10-11-24(23-18)12-15-6-8-16(22)9-7-15/h2-11,20-21,23H,12-14H2,1H3,(H,26,29);2-11,20-21H,12-14,22H2,1H3/t20-,21?;20?,21-/m11/s1. The SMILES string of the molecule is COC1COC[C@H]1Oc1ccccc1-c1ccn(Cc2ccc(N)cc2)n1.Cc1ccccc1NC(=O)Cn1ccc(-c2ccccc2O[C@@H]2COCC2OC(F)F)n1. The van der Waals surface area contributed by atoms with Gasteiger partial charge in [-0.15, -0.1) is 0 Å². The predicted octanol–water partition coefficient (Wildman–Crippen LogP) is 6.86. The molecule has 2 aliphatic rings. The number of alkyl halides is 2. The summed E-state index contributed by atoms with van der Waals surface area (Å²) >= 11 is 0. The van der Waals surface area contributed by atoms with E-state index in [2.05, 4.69) is 15.2 Å². The van der Waals surface area contributed by atoms with Crippen LogP contribution >= 0.6 is 0 Å². The first-order valence-corrected chi connectivity index (χ1v) is 19.1. The number of halogens is 2. The average molecular weight is 809 g/mol. The van der Waals surface area contributed by atoms with E-state index in [0.29, 0.717) is 36.8 Å². The molecule has 15 heteroatoms. The summed E-state index contributed by atoms with van der Waals surface area (Å²) in [5.41, 5.74) is 12.5. The van der Waals surface area contributed by atoms with Crippen molar-refractivity contribution in [2.45, 2.75) is 51.0 Å². The number of nitrogens with two attached hydrogens (primary N) is 1. The summed E-state index contributed by atoms with van der Waals surface area (Å²) in [6.07, 6.45) is 1.98. The Labute approximate surface area is 340 Å². The molecule has 0 bridgehead atoms. The van der Waals surface area contributed by atoms with Gasteiger partial charge in [0.15, 0.2) is 12.2 Å². The number of benzene rings is 4. The third-order valence-electron chi connectivity index (χ3n) is 9.75. The summed E-state index contributed by atoms with van der Waals surface area (Å²) in [7, 11) is 1.68. The molecule has 2 aliphatic heterocycles. The quantitative estimate of drug-likeness (QED) is 0.112. The normalized spacial score (nSPS) is 18.7. The van der Waals surface area contributed by atoms with Crippen molar-refractivity contribution in [3.63, 3.8) is 0 Å². The number of nitrogens with one attached hydrogen (secondary N) is 1. The van der Waals surface area contributed by atoms with Gasteiger partial charge >= 0.3 is 6.61 Å². The lowest BCUT2D eigenvalue weighted by atomic mass is 10.1. The number of hydrogen-bond donors (Lipinski definition) is 2. The fraction of sp³-hybridized carbons (Fsp3) is 0.295. The Kier molecular flexibility index (Phi) is 13.6. The highest BCUT2D eigenvalue weighted by atomic mass is 19.3. The first-order chi connectivity index (χ1) is 28.7. The van der Waals surface area contributed by atoms with Crippen molar-refractivity contribution < 1.29 is 42.0 Å². The topological polar surface area (TPSA) is 146 Å². The monoisotopic (exact) mass is 808 g/mol. The molecule has 13 nitrogen and oxygen atoms in total. The van der Waals surface area contributed by atoms with Gasteiger partial charge in [-0.2, -0.15) is 19.0 Å². The molecule has 2 unspecified atom stereocenters. The number of carbonyl (C=O) groups is 1. The van der Waals surface area contributed by atoms with E-state index in [0.717, 1.165) is 39.5 Å². The summed E-state index contributed by atoms with van der Waals surface area (Å²) in [6, 6.07) is 34.2. The Bertz CT molecular complexity index is 2280. The first-order valence-electron chi connectivity index (χ1n) is 19.1. The van der Waals surface area contributed by atoms with E-state index in [4.69, 9.17) is 34.5 Å². The van der Waals surface area contributed by atoms with Crippen LogP contribution in [-0.4, -0.2) is 90.0 Å². The van der Waals surface area contributed by atoms with Gasteiger partial charge in [0.1, 0.15) is 30.3 Å². The molecule has 6 aromatic rings. The molecule has 4 heterocycles. The molecular formula is C44H46F2N6O7. The Morgan fingerprint density at radius 3 is 1.92 bits per heavy atom. The van der Waals surface area contributed by atoms with Gasteiger partial charge in [0, 0.05) is 42.0 Å². The van der Waals surface area contributed by atoms with Crippen molar-refractivity contribution >= 4 is 17.3 Å². The van der Waals surface area contributed by atoms with Crippen molar-refractivity contribution in [3.05, 3.63) is 133 Å². The van der Waals surface area contributed by atoms with E-state index in [9.17, 15) is 13.6 Å². The van der Waals surface area contributed by atoms with Crippen LogP contribution in [0, 0.1) is 6.92 Å². The van der Waals surface area contributed by atoms with E-state index in [1.165, 1.54) is 4.68 Å². The number of amides is 1. The number of nitrogens with zero attached hydrogens (tertiary/aromatic N) is 4. The third-order valence-corrected chi connectivity index (χ3v) is 9.75. The van der Waals surface area contributed by atoms with E-state index in [1.807, 2.05) is 109 Å². The number of rotatable bonds is 14. The number of nitrogen functional groups attached to an aromatic ring is 1. The zero-order chi connectivity index (χ0) is 41.1. The minimum Gasteiger partial charge on any atom is -0.484 e. The summed E-state index contributed by atoms with van der Waals surface area (Å²) in [4.78, 5) is 12.4. The summed E-state index contributed by atoms with van der Waals surface area (Å²) < 4.78 is 61.6. The zero-order valence-electron chi connectivity index (χ0n) is 32.7. The van der Waals surface area contributed by atoms with E-state index in [1.54, 1.807) is 31.5 Å². The van der Waals surface area contributed by atoms with E-state index >= 15 is 0 Å². The van der Waals surface area contributed by atoms with Crippen LogP contribution in [-0.2, 0) is 36.8 Å². The molecule has 4 atom stereocenters. The van der Waals surface area contributed by atoms with Crippen molar-refractivity contribution in [2.24, 2.45) is 0 Å². The maximum atomic E-state index is 12.6. The second-order valence-corrected chi connectivity index (χ2v) is 14.0. The molecule has 59 heavy (non-hydrogen) atoms. The van der Waals surface area contributed by atoms with Crippen LogP contribution < -0.4 is 20.5 Å². The molecule has 2 saturated heterocycles. The molecule has 2 fully saturated rings. The van der Waals surface area contributed by atoms with Gasteiger partial charge in [0.25, 0.3) is 0 Å². The molecule has 0 radical (unpaired) electrons. The molecule has 2 aromatic heterocycles. The number of aryl methyl sites for hydroxylation is 1. The highest BCUT2D eigenvalue weighted by Crippen LogP contribution is 2.32. The maximum absolute atomic E-state index is 12.6. The Morgan fingerprint density at radius 2 is 1.29 bits per heavy atom. The number of aromatic nitrogens is 4. The molecule has 308 valence electrons. The highest BCUT2D eigenvalue weighted by molar-refractivity contribution is 5.91.